The minimum atomic E-state index is -0.535. The number of rotatable bonds is 3. The lowest BCUT2D eigenvalue weighted by Gasteiger charge is -2.34. The van der Waals surface area contributed by atoms with Gasteiger partial charge in [-0.1, -0.05) is 0 Å². The summed E-state index contributed by atoms with van der Waals surface area (Å²) in [5.41, 5.74) is 5.27. The van der Waals surface area contributed by atoms with Gasteiger partial charge < -0.3 is 20.3 Å². The number of nitrogens with two attached hydrogens (primary N) is 1. The number of esters is 1. The van der Waals surface area contributed by atoms with Crippen LogP contribution in [0.5, 0.6) is 0 Å². The van der Waals surface area contributed by atoms with Gasteiger partial charge in [-0.15, -0.1) is 0 Å². The summed E-state index contributed by atoms with van der Waals surface area (Å²) in [7, 11) is 0. The van der Waals surface area contributed by atoms with Crippen molar-refractivity contribution in [2.75, 3.05) is 32.8 Å². The van der Waals surface area contributed by atoms with Crippen molar-refractivity contribution in [3.63, 3.8) is 0 Å². The van der Waals surface area contributed by atoms with Gasteiger partial charge >= 0.3 is 17.8 Å². The van der Waals surface area contributed by atoms with E-state index in [1.807, 2.05) is 0 Å². The maximum Gasteiger partial charge on any atom is 0.312 e. The summed E-state index contributed by atoms with van der Waals surface area (Å²) in [4.78, 5) is 50.5. The molecule has 2 saturated heterocycles. The summed E-state index contributed by atoms with van der Waals surface area (Å²) in [6, 6.07) is 0. The Morgan fingerprint density at radius 2 is 1.29 bits per heavy atom. The van der Waals surface area contributed by atoms with Crippen LogP contribution in [0.4, 0.5) is 0 Å². The number of ether oxygens (including phenoxy) is 1. The Hall–Kier alpha value is -2.12. The van der Waals surface area contributed by atoms with Gasteiger partial charge in [0.15, 0.2) is 0 Å². The van der Waals surface area contributed by atoms with Crippen LogP contribution in [0.3, 0.4) is 0 Å². The first-order valence-electron chi connectivity index (χ1n) is 8.48. The Labute approximate surface area is 141 Å². The molecule has 0 atom stereocenters. The zero-order chi connectivity index (χ0) is 17.7. The lowest BCUT2D eigenvalue weighted by atomic mass is 9.95. The molecule has 24 heavy (non-hydrogen) atoms. The first kappa shape index (κ1) is 18.2. The topological polar surface area (TPSA) is 110 Å². The van der Waals surface area contributed by atoms with E-state index in [-0.39, 0.29) is 23.7 Å². The summed E-state index contributed by atoms with van der Waals surface area (Å²) in [6.45, 7) is 3.61. The first-order chi connectivity index (χ1) is 11.4. The number of hydrogen-bond acceptors (Lipinski definition) is 5. The van der Waals surface area contributed by atoms with Crippen LogP contribution in [0.25, 0.3) is 0 Å². The van der Waals surface area contributed by atoms with Gasteiger partial charge in [0.1, 0.15) is 0 Å². The van der Waals surface area contributed by atoms with E-state index in [4.69, 9.17) is 10.5 Å². The molecule has 2 fully saturated rings. The van der Waals surface area contributed by atoms with Crippen molar-refractivity contribution in [2.24, 2.45) is 17.6 Å². The number of likely N-dealkylation sites (tertiary alicyclic amines) is 2. The quantitative estimate of drug-likeness (QED) is 0.551. The van der Waals surface area contributed by atoms with Gasteiger partial charge in [-0.05, 0) is 32.6 Å². The smallest absolute Gasteiger partial charge is 0.312 e. The van der Waals surface area contributed by atoms with Gasteiger partial charge in [0, 0.05) is 32.1 Å². The molecule has 0 saturated carbocycles. The average molecular weight is 339 g/mol. The van der Waals surface area contributed by atoms with E-state index in [9.17, 15) is 19.2 Å². The van der Waals surface area contributed by atoms with Gasteiger partial charge in [0.2, 0.25) is 5.91 Å². The van der Waals surface area contributed by atoms with Crippen molar-refractivity contribution < 1.29 is 23.9 Å². The largest absolute Gasteiger partial charge is 0.466 e. The van der Waals surface area contributed by atoms with Crippen LogP contribution in [-0.2, 0) is 23.9 Å². The second kappa shape index (κ2) is 8.12. The molecule has 2 heterocycles. The minimum absolute atomic E-state index is 0.199. The number of carbonyl (C=O) groups excluding carboxylic acids is 4. The van der Waals surface area contributed by atoms with Crippen molar-refractivity contribution in [1.29, 1.82) is 0 Å². The van der Waals surface area contributed by atoms with Crippen LogP contribution in [0.15, 0.2) is 0 Å². The number of amides is 3. The Bertz CT molecular complexity index is 506. The molecule has 2 N–H and O–H groups in total. The van der Waals surface area contributed by atoms with E-state index in [0.717, 1.165) is 0 Å². The van der Waals surface area contributed by atoms with Crippen LogP contribution in [0.2, 0.25) is 0 Å². The summed E-state index contributed by atoms with van der Waals surface area (Å²) >= 11 is 0. The Kier molecular flexibility index (Phi) is 6.16. The molecular formula is C16H25N3O5. The Balaban J connectivity index is 1.81. The molecule has 0 aromatic heterocycles. The summed E-state index contributed by atoms with van der Waals surface area (Å²) < 4.78 is 4.99. The van der Waals surface area contributed by atoms with Crippen LogP contribution < -0.4 is 5.73 Å². The molecule has 0 radical (unpaired) electrons. The minimum Gasteiger partial charge on any atom is -0.466 e. The highest BCUT2D eigenvalue weighted by Crippen LogP contribution is 2.21. The fraction of sp³-hybridized carbons (Fsp3) is 0.750. The molecule has 8 heteroatoms. The molecule has 2 rings (SSSR count). The van der Waals surface area contributed by atoms with Crippen LogP contribution in [-0.4, -0.2) is 66.3 Å². The van der Waals surface area contributed by atoms with Crippen molar-refractivity contribution in [3.05, 3.63) is 0 Å². The molecular weight excluding hydrogens is 314 g/mol. The highest BCUT2D eigenvalue weighted by Gasteiger charge is 2.34. The van der Waals surface area contributed by atoms with Crippen LogP contribution >= 0.6 is 0 Å². The number of hydrogen-bond donors (Lipinski definition) is 1. The molecule has 0 aromatic rings. The molecule has 2 aliphatic heterocycles. The third kappa shape index (κ3) is 4.24. The molecule has 3 amide bonds. The number of carbonyl (C=O) groups is 4. The monoisotopic (exact) mass is 339 g/mol. The SMILES string of the molecule is CCOC(=O)C1CCN(C(=O)C(=O)N2CCC(C(N)=O)CC2)CC1. The second-order valence-electron chi connectivity index (χ2n) is 6.29. The molecule has 8 nitrogen and oxygen atoms in total. The third-order valence-electron chi connectivity index (χ3n) is 4.77. The normalized spacial score (nSPS) is 19.9. The average Bonchev–Trinajstić information content (AvgIpc) is 2.61. The first-order valence-corrected chi connectivity index (χ1v) is 8.48. The van der Waals surface area contributed by atoms with Crippen LogP contribution in [0, 0.1) is 11.8 Å². The fourth-order valence-electron chi connectivity index (χ4n) is 3.22. The highest BCUT2D eigenvalue weighted by molar-refractivity contribution is 6.34. The lowest BCUT2D eigenvalue weighted by Crippen LogP contribution is -2.51. The van der Waals surface area contributed by atoms with E-state index >= 15 is 0 Å². The predicted molar refractivity (Wildman–Crippen MR) is 84.4 cm³/mol. The Morgan fingerprint density at radius 3 is 1.67 bits per heavy atom. The van der Waals surface area contributed by atoms with Crippen molar-refractivity contribution in [3.8, 4) is 0 Å². The number of piperidine rings is 2. The second-order valence-corrected chi connectivity index (χ2v) is 6.29. The highest BCUT2D eigenvalue weighted by atomic mass is 16.5. The van der Waals surface area contributed by atoms with E-state index in [1.165, 1.54) is 9.80 Å². The summed E-state index contributed by atoms with van der Waals surface area (Å²) in [6.07, 6.45) is 2.03. The number of nitrogens with zero attached hydrogens (tertiary/aromatic N) is 2. The molecule has 0 aromatic carbocycles. The maximum atomic E-state index is 12.3. The van der Waals surface area contributed by atoms with E-state index in [0.29, 0.717) is 58.5 Å². The number of primary amides is 1. The molecule has 2 aliphatic rings. The molecule has 134 valence electrons. The van der Waals surface area contributed by atoms with Gasteiger partial charge in [0.05, 0.1) is 12.5 Å². The van der Waals surface area contributed by atoms with Gasteiger partial charge in [0.25, 0.3) is 0 Å². The summed E-state index contributed by atoms with van der Waals surface area (Å²) in [5.74, 6) is -2.07. The summed E-state index contributed by atoms with van der Waals surface area (Å²) in [5, 5.41) is 0. The van der Waals surface area contributed by atoms with Crippen molar-refractivity contribution in [2.45, 2.75) is 32.6 Å². The standard InChI is InChI=1S/C16H25N3O5/c1-2-24-16(23)12-5-9-19(10-6-12)15(22)14(21)18-7-3-11(4-8-18)13(17)20/h11-12H,2-10H2,1H3,(H2,17,20). The third-order valence-corrected chi connectivity index (χ3v) is 4.77. The Morgan fingerprint density at radius 1 is 0.875 bits per heavy atom. The molecule has 0 unspecified atom stereocenters. The lowest BCUT2D eigenvalue weighted by molar-refractivity contribution is -0.156. The zero-order valence-corrected chi connectivity index (χ0v) is 14.0. The van der Waals surface area contributed by atoms with E-state index in [2.05, 4.69) is 0 Å². The van der Waals surface area contributed by atoms with Crippen LogP contribution in [0.1, 0.15) is 32.6 Å². The van der Waals surface area contributed by atoms with E-state index < -0.39 is 11.8 Å². The maximum absolute atomic E-state index is 12.3. The molecule has 0 bridgehead atoms. The van der Waals surface area contributed by atoms with Gasteiger partial charge in [-0.2, -0.15) is 0 Å². The van der Waals surface area contributed by atoms with Crippen molar-refractivity contribution in [1.82, 2.24) is 9.80 Å². The molecule has 0 spiro atoms. The predicted octanol–water partition coefficient (Wildman–Crippen LogP) is -0.488. The van der Waals surface area contributed by atoms with Gasteiger partial charge in [-0.25, -0.2) is 0 Å². The van der Waals surface area contributed by atoms with Gasteiger partial charge in [-0.3, -0.25) is 19.2 Å². The van der Waals surface area contributed by atoms with E-state index in [1.54, 1.807) is 6.92 Å². The molecule has 0 aliphatic carbocycles. The zero-order valence-electron chi connectivity index (χ0n) is 14.0. The fourth-order valence-corrected chi connectivity index (χ4v) is 3.22. The van der Waals surface area contributed by atoms with Crippen molar-refractivity contribution >= 4 is 23.7 Å².